The first-order chi connectivity index (χ1) is 9.72. The summed E-state index contributed by atoms with van der Waals surface area (Å²) in [6.45, 7) is 0.654. The minimum absolute atomic E-state index is 0.0821. The van der Waals surface area contributed by atoms with Gasteiger partial charge in [-0.2, -0.15) is 0 Å². The first-order valence-corrected chi connectivity index (χ1v) is 6.38. The van der Waals surface area contributed by atoms with Gasteiger partial charge in [0.15, 0.2) is 0 Å². The minimum Gasteiger partial charge on any atom is -0.452 e. The molecule has 0 atom stereocenters. The summed E-state index contributed by atoms with van der Waals surface area (Å²) in [4.78, 5) is 11.9. The second-order valence-electron chi connectivity index (χ2n) is 3.95. The van der Waals surface area contributed by atoms with Crippen LogP contribution < -0.4 is 11.1 Å². The predicted octanol–water partition coefficient (Wildman–Crippen LogP) is 2.17. The van der Waals surface area contributed by atoms with Crippen LogP contribution in [0.1, 0.15) is 21.5 Å². The van der Waals surface area contributed by atoms with Gasteiger partial charge < -0.3 is 15.5 Å². The van der Waals surface area contributed by atoms with Crippen LogP contribution in [0.3, 0.4) is 0 Å². The van der Waals surface area contributed by atoms with E-state index in [1.165, 1.54) is 12.3 Å². The van der Waals surface area contributed by atoms with Gasteiger partial charge in [-0.15, -0.1) is 0 Å². The SMILES string of the molecule is NCC#Cc1ccccc1CNC(=O)c1ccoc1Cl. The van der Waals surface area contributed by atoms with Gasteiger partial charge in [-0.25, -0.2) is 0 Å². The van der Waals surface area contributed by atoms with E-state index in [9.17, 15) is 4.79 Å². The first-order valence-electron chi connectivity index (χ1n) is 6.00. The van der Waals surface area contributed by atoms with Crippen molar-refractivity contribution in [1.82, 2.24) is 5.32 Å². The molecule has 0 saturated carbocycles. The van der Waals surface area contributed by atoms with Crippen molar-refractivity contribution in [3.63, 3.8) is 0 Å². The molecule has 0 bridgehead atoms. The number of carbonyl (C=O) groups is 1. The lowest BCUT2D eigenvalue weighted by Gasteiger charge is -2.06. The number of rotatable bonds is 3. The molecule has 2 rings (SSSR count). The summed E-state index contributed by atoms with van der Waals surface area (Å²) in [5, 5.41) is 2.86. The third-order valence-corrected chi connectivity index (χ3v) is 2.94. The molecule has 0 saturated heterocycles. The van der Waals surface area contributed by atoms with Gasteiger partial charge in [0.1, 0.15) is 0 Å². The number of hydrogen-bond acceptors (Lipinski definition) is 3. The maximum atomic E-state index is 11.9. The third-order valence-electron chi connectivity index (χ3n) is 2.64. The second kappa shape index (κ2) is 6.80. The Morgan fingerprint density at radius 2 is 2.15 bits per heavy atom. The molecule has 0 radical (unpaired) electrons. The average molecular weight is 289 g/mol. The number of furan rings is 1. The van der Waals surface area contributed by atoms with Gasteiger partial charge in [-0.3, -0.25) is 4.79 Å². The van der Waals surface area contributed by atoms with E-state index in [-0.39, 0.29) is 11.1 Å². The van der Waals surface area contributed by atoms with Crippen molar-refractivity contribution in [2.75, 3.05) is 6.54 Å². The molecule has 0 unspecified atom stereocenters. The van der Waals surface area contributed by atoms with Crippen molar-refractivity contribution >= 4 is 17.5 Å². The van der Waals surface area contributed by atoms with Crippen LogP contribution in [-0.2, 0) is 6.54 Å². The largest absolute Gasteiger partial charge is 0.452 e. The normalized spacial score (nSPS) is 9.70. The summed E-state index contributed by atoms with van der Waals surface area (Å²) in [6.07, 6.45) is 1.37. The highest BCUT2D eigenvalue weighted by Gasteiger charge is 2.12. The lowest BCUT2D eigenvalue weighted by Crippen LogP contribution is -2.23. The van der Waals surface area contributed by atoms with Crippen LogP contribution in [-0.4, -0.2) is 12.5 Å². The van der Waals surface area contributed by atoms with Crippen LogP contribution in [0.4, 0.5) is 0 Å². The first kappa shape index (κ1) is 14.2. The summed E-state index contributed by atoms with van der Waals surface area (Å²) in [6, 6.07) is 9.09. The zero-order valence-corrected chi connectivity index (χ0v) is 11.4. The van der Waals surface area contributed by atoms with E-state index in [1.54, 1.807) is 0 Å². The van der Waals surface area contributed by atoms with Gasteiger partial charge in [0.25, 0.3) is 5.91 Å². The van der Waals surface area contributed by atoms with E-state index in [1.807, 2.05) is 24.3 Å². The van der Waals surface area contributed by atoms with Crippen molar-refractivity contribution in [1.29, 1.82) is 0 Å². The molecular weight excluding hydrogens is 276 g/mol. The fourth-order valence-electron chi connectivity index (χ4n) is 1.67. The van der Waals surface area contributed by atoms with Gasteiger partial charge in [0.2, 0.25) is 5.22 Å². The van der Waals surface area contributed by atoms with Gasteiger partial charge >= 0.3 is 0 Å². The zero-order valence-electron chi connectivity index (χ0n) is 10.7. The molecule has 1 aromatic heterocycles. The summed E-state index contributed by atoms with van der Waals surface area (Å²) in [5.74, 6) is 5.48. The Balaban J connectivity index is 2.08. The number of carbonyl (C=O) groups excluding carboxylic acids is 1. The number of nitrogens with one attached hydrogen (secondary N) is 1. The van der Waals surface area contributed by atoms with Crippen molar-refractivity contribution < 1.29 is 9.21 Å². The molecule has 2 aromatic rings. The van der Waals surface area contributed by atoms with Gasteiger partial charge in [-0.1, -0.05) is 30.0 Å². The van der Waals surface area contributed by atoms with Crippen molar-refractivity contribution in [2.24, 2.45) is 5.73 Å². The van der Waals surface area contributed by atoms with E-state index in [2.05, 4.69) is 17.2 Å². The van der Waals surface area contributed by atoms with Crippen LogP contribution in [0.5, 0.6) is 0 Å². The smallest absolute Gasteiger partial charge is 0.256 e. The summed E-state index contributed by atoms with van der Waals surface area (Å²) in [7, 11) is 0. The Kier molecular flexibility index (Phi) is 4.83. The van der Waals surface area contributed by atoms with Gasteiger partial charge in [0.05, 0.1) is 18.4 Å². The molecule has 102 valence electrons. The third kappa shape index (κ3) is 3.41. The van der Waals surface area contributed by atoms with E-state index in [0.717, 1.165) is 11.1 Å². The van der Waals surface area contributed by atoms with Gasteiger partial charge in [0, 0.05) is 12.1 Å². The molecule has 0 fully saturated rings. The number of hydrogen-bond donors (Lipinski definition) is 2. The number of nitrogens with two attached hydrogens (primary N) is 1. The van der Waals surface area contributed by atoms with Crippen molar-refractivity contribution in [3.05, 3.63) is 58.5 Å². The number of amides is 1. The molecule has 1 amide bonds. The Bertz CT molecular complexity index is 668. The molecule has 0 aliphatic carbocycles. The quantitative estimate of drug-likeness (QED) is 0.851. The molecule has 4 nitrogen and oxygen atoms in total. The van der Waals surface area contributed by atoms with Crippen molar-refractivity contribution in [3.8, 4) is 11.8 Å². The Morgan fingerprint density at radius 1 is 1.35 bits per heavy atom. The highest BCUT2D eigenvalue weighted by atomic mass is 35.5. The van der Waals surface area contributed by atoms with E-state index in [4.69, 9.17) is 21.8 Å². The molecule has 1 heterocycles. The topological polar surface area (TPSA) is 68.3 Å². The Morgan fingerprint density at radius 3 is 2.85 bits per heavy atom. The van der Waals surface area contributed by atoms with Gasteiger partial charge in [-0.05, 0) is 29.3 Å². The number of halogens is 1. The highest BCUT2D eigenvalue weighted by Crippen LogP contribution is 2.16. The Labute approximate surface area is 121 Å². The summed E-state index contributed by atoms with van der Waals surface area (Å²) >= 11 is 5.75. The molecule has 3 N–H and O–H groups in total. The molecule has 0 spiro atoms. The summed E-state index contributed by atoms with van der Waals surface area (Å²) < 4.78 is 4.88. The minimum atomic E-state index is -0.287. The molecule has 5 heteroatoms. The van der Waals surface area contributed by atoms with Crippen LogP contribution in [0.25, 0.3) is 0 Å². The van der Waals surface area contributed by atoms with E-state index < -0.39 is 0 Å². The fraction of sp³-hybridized carbons (Fsp3) is 0.133. The average Bonchev–Trinajstić information content (AvgIpc) is 2.89. The molecule has 0 aliphatic rings. The summed E-state index contributed by atoms with van der Waals surface area (Å²) in [5.41, 5.74) is 7.44. The number of benzene rings is 1. The van der Waals surface area contributed by atoms with Crippen LogP contribution >= 0.6 is 11.6 Å². The van der Waals surface area contributed by atoms with E-state index in [0.29, 0.717) is 18.7 Å². The molecular formula is C15H13ClN2O2. The lowest BCUT2D eigenvalue weighted by atomic mass is 10.1. The van der Waals surface area contributed by atoms with Crippen LogP contribution in [0.2, 0.25) is 5.22 Å². The highest BCUT2D eigenvalue weighted by molar-refractivity contribution is 6.32. The molecule has 0 aliphatic heterocycles. The van der Waals surface area contributed by atoms with E-state index >= 15 is 0 Å². The monoisotopic (exact) mass is 288 g/mol. The fourth-order valence-corrected chi connectivity index (χ4v) is 1.87. The molecule has 1 aromatic carbocycles. The maximum absolute atomic E-state index is 11.9. The molecule has 20 heavy (non-hydrogen) atoms. The second-order valence-corrected chi connectivity index (χ2v) is 4.30. The van der Waals surface area contributed by atoms with Crippen LogP contribution in [0, 0.1) is 11.8 Å². The van der Waals surface area contributed by atoms with Crippen LogP contribution in [0.15, 0.2) is 41.0 Å². The zero-order chi connectivity index (χ0) is 14.4. The maximum Gasteiger partial charge on any atom is 0.256 e. The predicted molar refractivity (Wildman–Crippen MR) is 77.3 cm³/mol. The lowest BCUT2D eigenvalue weighted by molar-refractivity contribution is 0.0950. The van der Waals surface area contributed by atoms with Crippen molar-refractivity contribution in [2.45, 2.75) is 6.54 Å². The standard InChI is InChI=1S/C15H13ClN2O2/c16-14-13(7-9-20-14)15(19)18-10-12-5-2-1-4-11(12)6-3-8-17/h1-2,4-5,7,9H,8,10,17H2,(H,18,19). The Hall–Kier alpha value is -2.22.